The molecule has 0 spiro atoms. The zero-order valence-electron chi connectivity index (χ0n) is 15.8. The standard InChI is InChI=1S/C20H27N5O2/c1-2-25-18(5-8-22-25)20(26)24-9-6-17-15-27-11-10-23(19(17)14-24)13-16-4-3-7-21-12-16/h3-5,7-8,12,17,19H,2,6,9-11,13-15H2,1H3/t17-,19-/m1/s1. The third kappa shape index (κ3) is 3.89. The molecule has 2 saturated heterocycles. The molecule has 2 aromatic heterocycles. The third-order valence-electron chi connectivity index (χ3n) is 5.68. The molecule has 1 amide bonds. The van der Waals surface area contributed by atoms with Gasteiger partial charge in [-0.15, -0.1) is 0 Å². The molecule has 2 aliphatic heterocycles. The van der Waals surface area contributed by atoms with E-state index in [0.29, 0.717) is 24.2 Å². The van der Waals surface area contributed by atoms with Gasteiger partial charge in [-0.25, -0.2) is 0 Å². The van der Waals surface area contributed by atoms with Crippen LogP contribution in [0.5, 0.6) is 0 Å². The van der Waals surface area contributed by atoms with Crippen molar-refractivity contribution in [2.24, 2.45) is 5.92 Å². The van der Waals surface area contributed by atoms with Crippen LogP contribution in [0, 0.1) is 5.92 Å². The van der Waals surface area contributed by atoms with E-state index in [-0.39, 0.29) is 5.91 Å². The Morgan fingerprint density at radius 3 is 3.04 bits per heavy atom. The Hall–Kier alpha value is -2.25. The van der Waals surface area contributed by atoms with Crippen LogP contribution >= 0.6 is 0 Å². The Morgan fingerprint density at radius 1 is 1.30 bits per heavy atom. The average Bonchev–Trinajstić information content (AvgIpc) is 3.10. The number of nitrogens with zero attached hydrogens (tertiary/aromatic N) is 5. The molecular weight excluding hydrogens is 342 g/mol. The van der Waals surface area contributed by atoms with Crippen molar-refractivity contribution >= 4 is 5.91 Å². The number of piperidine rings is 1. The van der Waals surface area contributed by atoms with Crippen LogP contribution in [-0.4, -0.2) is 69.4 Å². The third-order valence-corrected chi connectivity index (χ3v) is 5.68. The molecule has 0 unspecified atom stereocenters. The van der Waals surface area contributed by atoms with E-state index in [1.54, 1.807) is 17.1 Å². The maximum Gasteiger partial charge on any atom is 0.272 e. The number of pyridine rings is 1. The van der Waals surface area contributed by atoms with Crippen LogP contribution in [0.25, 0.3) is 0 Å². The number of carbonyl (C=O) groups excluding carboxylic acids is 1. The summed E-state index contributed by atoms with van der Waals surface area (Å²) in [5.74, 6) is 0.545. The lowest BCUT2D eigenvalue weighted by molar-refractivity contribution is 0.0362. The van der Waals surface area contributed by atoms with Crippen molar-refractivity contribution < 1.29 is 9.53 Å². The molecule has 2 aromatic rings. The van der Waals surface area contributed by atoms with Crippen molar-refractivity contribution in [2.75, 3.05) is 32.8 Å². The number of rotatable bonds is 4. The number of hydrogen-bond acceptors (Lipinski definition) is 5. The van der Waals surface area contributed by atoms with Gasteiger partial charge in [-0.3, -0.25) is 19.4 Å². The predicted octanol–water partition coefficient (Wildman–Crippen LogP) is 1.66. The van der Waals surface area contributed by atoms with E-state index < -0.39 is 0 Å². The molecule has 0 saturated carbocycles. The van der Waals surface area contributed by atoms with E-state index in [9.17, 15) is 4.79 Å². The minimum absolute atomic E-state index is 0.0827. The van der Waals surface area contributed by atoms with Gasteiger partial charge in [0.2, 0.25) is 0 Å². The number of aryl methyl sites for hydroxylation is 1. The molecule has 4 heterocycles. The van der Waals surface area contributed by atoms with E-state index >= 15 is 0 Å². The van der Waals surface area contributed by atoms with Crippen LogP contribution in [-0.2, 0) is 17.8 Å². The predicted molar refractivity (Wildman–Crippen MR) is 101 cm³/mol. The fourth-order valence-electron chi connectivity index (χ4n) is 4.21. The fourth-order valence-corrected chi connectivity index (χ4v) is 4.21. The molecule has 2 fully saturated rings. The summed E-state index contributed by atoms with van der Waals surface area (Å²) < 4.78 is 7.64. The van der Waals surface area contributed by atoms with Gasteiger partial charge in [0, 0.05) is 63.3 Å². The molecule has 2 atom stereocenters. The lowest BCUT2D eigenvalue weighted by Crippen LogP contribution is -2.54. The first-order chi connectivity index (χ1) is 13.3. The van der Waals surface area contributed by atoms with E-state index in [0.717, 1.165) is 45.8 Å². The molecule has 144 valence electrons. The van der Waals surface area contributed by atoms with Crippen LogP contribution in [0.3, 0.4) is 0 Å². The fraction of sp³-hybridized carbons (Fsp3) is 0.550. The Morgan fingerprint density at radius 2 is 2.22 bits per heavy atom. The Labute approximate surface area is 159 Å². The SMILES string of the molecule is CCn1nccc1C(=O)N1CC[C@@H]2COCCN(Cc3cccnc3)[C@@H]2C1. The zero-order chi connectivity index (χ0) is 18.6. The van der Waals surface area contributed by atoms with Crippen LogP contribution in [0.1, 0.15) is 29.4 Å². The van der Waals surface area contributed by atoms with Gasteiger partial charge in [0.25, 0.3) is 5.91 Å². The van der Waals surface area contributed by atoms with Gasteiger partial charge < -0.3 is 9.64 Å². The van der Waals surface area contributed by atoms with Gasteiger partial charge in [0.1, 0.15) is 5.69 Å². The molecule has 27 heavy (non-hydrogen) atoms. The van der Waals surface area contributed by atoms with Gasteiger partial charge in [-0.05, 0) is 31.0 Å². The van der Waals surface area contributed by atoms with Crippen LogP contribution < -0.4 is 0 Å². The molecular formula is C20H27N5O2. The van der Waals surface area contributed by atoms with E-state index in [1.165, 1.54) is 5.56 Å². The van der Waals surface area contributed by atoms with Gasteiger partial charge in [-0.2, -0.15) is 5.10 Å². The van der Waals surface area contributed by atoms with Crippen LogP contribution in [0.15, 0.2) is 36.8 Å². The second-order valence-corrected chi connectivity index (χ2v) is 7.31. The van der Waals surface area contributed by atoms with Gasteiger partial charge >= 0.3 is 0 Å². The molecule has 0 N–H and O–H groups in total. The van der Waals surface area contributed by atoms with E-state index in [2.05, 4.69) is 21.0 Å². The van der Waals surface area contributed by atoms with Gasteiger partial charge in [-0.1, -0.05) is 6.07 Å². The van der Waals surface area contributed by atoms with Gasteiger partial charge in [0.15, 0.2) is 0 Å². The largest absolute Gasteiger partial charge is 0.380 e. The van der Waals surface area contributed by atoms with E-state index in [4.69, 9.17) is 4.74 Å². The summed E-state index contributed by atoms with van der Waals surface area (Å²) in [5, 5.41) is 4.25. The topological polar surface area (TPSA) is 63.5 Å². The highest BCUT2D eigenvalue weighted by molar-refractivity contribution is 5.92. The first-order valence-corrected chi connectivity index (χ1v) is 9.78. The summed E-state index contributed by atoms with van der Waals surface area (Å²) in [6.07, 6.45) is 6.40. The zero-order valence-corrected chi connectivity index (χ0v) is 15.8. The Bertz CT molecular complexity index is 763. The highest BCUT2D eigenvalue weighted by Crippen LogP contribution is 2.27. The summed E-state index contributed by atoms with van der Waals surface area (Å²) >= 11 is 0. The first-order valence-electron chi connectivity index (χ1n) is 9.78. The molecule has 0 aromatic carbocycles. The molecule has 7 nitrogen and oxygen atoms in total. The van der Waals surface area contributed by atoms with Crippen molar-refractivity contribution in [3.8, 4) is 0 Å². The number of amides is 1. The minimum Gasteiger partial charge on any atom is -0.380 e. The summed E-state index contributed by atoms with van der Waals surface area (Å²) in [6.45, 7) is 7.47. The number of aromatic nitrogens is 3. The molecule has 0 bridgehead atoms. The number of fused-ring (bicyclic) bond motifs is 1. The maximum atomic E-state index is 13.1. The average molecular weight is 369 g/mol. The van der Waals surface area contributed by atoms with Crippen LogP contribution in [0.4, 0.5) is 0 Å². The Balaban J connectivity index is 1.52. The van der Waals surface area contributed by atoms with Crippen molar-refractivity contribution in [3.63, 3.8) is 0 Å². The number of ether oxygens (including phenoxy) is 1. The molecule has 0 radical (unpaired) electrons. The number of likely N-dealkylation sites (tertiary alicyclic amines) is 1. The van der Waals surface area contributed by atoms with Crippen molar-refractivity contribution in [2.45, 2.75) is 32.5 Å². The summed E-state index contributed by atoms with van der Waals surface area (Å²) in [4.78, 5) is 21.8. The molecule has 7 heteroatoms. The number of hydrogen-bond donors (Lipinski definition) is 0. The van der Waals surface area contributed by atoms with Crippen LogP contribution in [0.2, 0.25) is 0 Å². The second kappa shape index (κ2) is 8.19. The normalized spacial score (nSPS) is 23.7. The van der Waals surface area contributed by atoms with Crippen molar-refractivity contribution in [1.82, 2.24) is 24.6 Å². The quantitative estimate of drug-likeness (QED) is 0.820. The Kier molecular flexibility index (Phi) is 5.50. The summed E-state index contributed by atoms with van der Waals surface area (Å²) in [7, 11) is 0. The second-order valence-electron chi connectivity index (χ2n) is 7.31. The maximum absolute atomic E-state index is 13.1. The molecule has 4 rings (SSSR count). The number of carbonyl (C=O) groups is 1. The van der Waals surface area contributed by atoms with Gasteiger partial charge in [0.05, 0.1) is 13.2 Å². The van der Waals surface area contributed by atoms with Crippen molar-refractivity contribution in [3.05, 3.63) is 48.0 Å². The highest BCUT2D eigenvalue weighted by Gasteiger charge is 2.37. The monoisotopic (exact) mass is 369 g/mol. The first kappa shape index (κ1) is 18.1. The summed E-state index contributed by atoms with van der Waals surface area (Å²) in [5.41, 5.74) is 1.88. The lowest BCUT2D eigenvalue weighted by atomic mass is 9.90. The smallest absolute Gasteiger partial charge is 0.272 e. The minimum atomic E-state index is 0.0827. The lowest BCUT2D eigenvalue weighted by Gasteiger charge is -2.42. The van der Waals surface area contributed by atoms with Crippen molar-refractivity contribution in [1.29, 1.82) is 0 Å². The highest BCUT2D eigenvalue weighted by atomic mass is 16.5. The molecule has 2 aliphatic rings. The summed E-state index contributed by atoms with van der Waals surface area (Å²) in [6, 6.07) is 6.22. The molecule has 0 aliphatic carbocycles. The van der Waals surface area contributed by atoms with E-state index in [1.807, 2.05) is 30.2 Å².